The Morgan fingerprint density at radius 3 is 2.81 bits per heavy atom. The molecule has 0 aliphatic carbocycles. The van der Waals surface area contributed by atoms with Gasteiger partial charge in [-0.2, -0.15) is 0 Å². The van der Waals surface area contributed by atoms with Gasteiger partial charge in [-0.1, -0.05) is 23.4 Å². The third-order valence-electron chi connectivity index (χ3n) is 4.80. The molecule has 1 aliphatic heterocycles. The number of halogens is 1. The van der Waals surface area contributed by atoms with Gasteiger partial charge in [-0.15, -0.1) is 5.10 Å². The molecule has 1 aromatic carbocycles. The zero-order chi connectivity index (χ0) is 18.6. The SMILES string of the molecule is Cn1nnc2c1[C@@H](COCc1ccccn1)CN(Cc1ccc(F)cc1)C2. The van der Waals surface area contributed by atoms with Crippen molar-refractivity contribution in [3.05, 3.63) is 77.1 Å². The van der Waals surface area contributed by atoms with Crippen LogP contribution in [0.1, 0.15) is 28.6 Å². The van der Waals surface area contributed by atoms with Gasteiger partial charge in [0.25, 0.3) is 0 Å². The van der Waals surface area contributed by atoms with Gasteiger partial charge in [-0.05, 0) is 29.8 Å². The lowest BCUT2D eigenvalue weighted by atomic mass is 9.98. The lowest BCUT2D eigenvalue weighted by molar-refractivity contribution is 0.0812. The van der Waals surface area contributed by atoms with Crippen LogP contribution in [0.3, 0.4) is 0 Å². The van der Waals surface area contributed by atoms with Crippen LogP contribution in [0.25, 0.3) is 0 Å². The molecule has 7 heteroatoms. The van der Waals surface area contributed by atoms with Gasteiger partial charge >= 0.3 is 0 Å². The number of nitrogens with zero attached hydrogens (tertiary/aromatic N) is 5. The molecule has 0 amide bonds. The predicted molar refractivity (Wildman–Crippen MR) is 98.2 cm³/mol. The lowest BCUT2D eigenvalue weighted by Gasteiger charge is -2.32. The molecule has 0 saturated carbocycles. The second kappa shape index (κ2) is 7.94. The van der Waals surface area contributed by atoms with E-state index in [0.29, 0.717) is 13.2 Å². The van der Waals surface area contributed by atoms with E-state index in [0.717, 1.165) is 42.3 Å². The molecule has 1 atom stereocenters. The van der Waals surface area contributed by atoms with E-state index < -0.39 is 0 Å². The van der Waals surface area contributed by atoms with Crippen molar-refractivity contribution in [1.82, 2.24) is 24.9 Å². The monoisotopic (exact) mass is 367 g/mol. The minimum Gasteiger partial charge on any atom is -0.374 e. The lowest BCUT2D eigenvalue weighted by Crippen LogP contribution is -2.36. The second-order valence-electron chi connectivity index (χ2n) is 6.87. The van der Waals surface area contributed by atoms with Gasteiger partial charge in [0, 0.05) is 38.8 Å². The molecule has 3 aromatic rings. The van der Waals surface area contributed by atoms with Crippen LogP contribution < -0.4 is 0 Å². The summed E-state index contributed by atoms with van der Waals surface area (Å²) in [7, 11) is 1.92. The van der Waals surface area contributed by atoms with Gasteiger partial charge in [-0.3, -0.25) is 14.6 Å². The topological polar surface area (TPSA) is 56.1 Å². The Morgan fingerprint density at radius 1 is 1.19 bits per heavy atom. The number of aryl methyl sites for hydroxylation is 1. The zero-order valence-electron chi connectivity index (χ0n) is 15.3. The van der Waals surface area contributed by atoms with Crippen LogP contribution in [0.2, 0.25) is 0 Å². The fraction of sp³-hybridized carbons (Fsp3) is 0.350. The standard InChI is InChI=1S/C20H22FN5O/c1-25-20-16(13-27-14-18-4-2-3-9-22-18)11-26(12-19(20)23-24-25)10-15-5-7-17(21)8-6-15/h2-9,16H,10-14H2,1H3/t16-/m1/s1. The number of benzene rings is 1. The van der Waals surface area contributed by atoms with Gasteiger partial charge in [0.1, 0.15) is 11.5 Å². The Morgan fingerprint density at radius 2 is 2.04 bits per heavy atom. The molecule has 0 fully saturated rings. The first-order valence-electron chi connectivity index (χ1n) is 9.02. The highest BCUT2D eigenvalue weighted by molar-refractivity contribution is 5.21. The minimum atomic E-state index is -0.214. The van der Waals surface area contributed by atoms with Crippen LogP contribution in [0.15, 0.2) is 48.7 Å². The maximum absolute atomic E-state index is 13.2. The smallest absolute Gasteiger partial charge is 0.123 e. The first-order chi connectivity index (χ1) is 13.2. The first-order valence-corrected chi connectivity index (χ1v) is 9.02. The number of aromatic nitrogens is 4. The van der Waals surface area contributed by atoms with E-state index in [-0.39, 0.29) is 11.7 Å². The summed E-state index contributed by atoms with van der Waals surface area (Å²) in [4.78, 5) is 6.60. The van der Waals surface area contributed by atoms with Crippen LogP contribution in [0.4, 0.5) is 4.39 Å². The Labute approximate surface area is 157 Å². The summed E-state index contributed by atoms with van der Waals surface area (Å²) < 4.78 is 20.9. The van der Waals surface area contributed by atoms with Crippen molar-refractivity contribution >= 4 is 0 Å². The third-order valence-corrected chi connectivity index (χ3v) is 4.80. The Kier molecular flexibility index (Phi) is 5.22. The van der Waals surface area contributed by atoms with E-state index in [1.54, 1.807) is 6.20 Å². The number of fused-ring (bicyclic) bond motifs is 1. The van der Waals surface area contributed by atoms with Crippen LogP contribution in [-0.4, -0.2) is 38.0 Å². The molecule has 140 valence electrons. The minimum absolute atomic E-state index is 0.179. The van der Waals surface area contributed by atoms with Crippen molar-refractivity contribution in [2.75, 3.05) is 13.2 Å². The summed E-state index contributed by atoms with van der Waals surface area (Å²) >= 11 is 0. The van der Waals surface area contributed by atoms with E-state index in [1.165, 1.54) is 12.1 Å². The number of rotatable bonds is 6. The summed E-state index contributed by atoms with van der Waals surface area (Å²) in [6.45, 7) is 3.37. The maximum atomic E-state index is 13.2. The van der Waals surface area contributed by atoms with E-state index in [9.17, 15) is 4.39 Å². The van der Waals surface area contributed by atoms with Gasteiger partial charge in [0.2, 0.25) is 0 Å². The van der Waals surface area contributed by atoms with Crippen molar-refractivity contribution in [3.63, 3.8) is 0 Å². The molecule has 0 bridgehead atoms. The predicted octanol–water partition coefficient (Wildman–Crippen LogP) is 2.67. The number of hydrogen-bond acceptors (Lipinski definition) is 5. The summed E-state index contributed by atoms with van der Waals surface area (Å²) in [5.41, 5.74) is 4.11. The summed E-state index contributed by atoms with van der Waals surface area (Å²) in [6, 6.07) is 12.5. The highest BCUT2D eigenvalue weighted by atomic mass is 19.1. The highest BCUT2D eigenvalue weighted by Crippen LogP contribution is 2.28. The molecule has 0 unspecified atom stereocenters. The van der Waals surface area contributed by atoms with E-state index in [4.69, 9.17) is 4.74 Å². The summed E-state index contributed by atoms with van der Waals surface area (Å²) in [6.07, 6.45) is 1.77. The van der Waals surface area contributed by atoms with Crippen molar-refractivity contribution in [1.29, 1.82) is 0 Å². The highest BCUT2D eigenvalue weighted by Gasteiger charge is 2.30. The molecule has 6 nitrogen and oxygen atoms in total. The average molecular weight is 367 g/mol. The Hall–Kier alpha value is -2.64. The summed E-state index contributed by atoms with van der Waals surface area (Å²) in [5.74, 6) is -0.0349. The molecule has 2 aromatic heterocycles. The van der Waals surface area contributed by atoms with Crippen LogP contribution in [0.5, 0.6) is 0 Å². The van der Waals surface area contributed by atoms with Gasteiger partial charge in [0.05, 0.1) is 24.6 Å². The van der Waals surface area contributed by atoms with Crippen molar-refractivity contribution < 1.29 is 9.13 Å². The van der Waals surface area contributed by atoms with Gasteiger partial charge in [-0.25, -0.2) is 4.39 Å². The van der Waals surface area contributed by atoms with Crippen LogP contribution in [-0.2, 0) is 31.5 Å². The normalized spacial score (nSPS) is 17.0. The number of pyridine rings is 1. The zero-order valence-corrected chi connectivity index (χ0v) is 15.3. The molecular formula is C20H22FN5O. The molecule has 0 N–H and O–H groups in total. The second-order valence-corrected chi connectivity index (χ2v) is 6.87. The van der Waals surface area contributed by atoms with E-state index in [2.05, 4.69) is 20.2 Å². The largest absolute Gasteiger partial charge is 0.374 e. The molecule has 0 saturated heterocycles. The number of ether oxygens (including phenoxy) is 1. The molecule has 0 radical (unpaired) electrons. The van der Waals surface area contributed by atoms with E-state index in [1.807, 2.05) is 42.1 Å². The van der Waals surface area contributed by atoms with Crippen LogP contribution in [0, 0.1) is 5.82 Å². The molecule has 27 heavy (non-hydrogen) atoms. The van der Waals surface area contributed by atoms with Crippen molar-refractivity contribution in [2.45, 2.75) is 25.6 Å². The molecular weight excluding hydrogens is 345 g/mol. The third kappa shape index (κ3) is 4.20. The molecule has 1 aliphatic rings. The van der Waals surface area contributed by atoms with Crippen molar-refractivity contribution in [3.8, 4) is 0 Å². The average Bonchev–Trinajstić information content (AvgIpc) is 3.05. The molecule has 0 spiro atoms. The molecule has 3 heterocycles. The maximum Gasteiger partial charge on any atom is 0.123 e. The van der Waals surface area contributed by atoms with Crippen LogP contribution >= 0.6 is 0 Å². The fourth-order valence-corrected chi connectivity index (χ4v) is 3.58. The Balaban J connectivity index is 1.44. The quantitative estimate of drug-likeness (QED) is 0.670. The van der Waals surface area contributed by atoms with Crippen molar-refractivity contribution in [2.24, 2.45) is 7.05 Å². The summed E-state index contributed by atoms with van der Waals surface area (Å²) in [5, 5.41) is 8.51. The van der Waals surface area contributed by atoms with Gasteiger partial charge < -0.3 is 4.74 Å². The fourth-order valence-electron chi connectivity index (χ4n) is 3.58. The first kappa shape index (κ1) is 17.8. The Bertz CT molecular complexity index is 881. The van der Waals surface area contributed by atoms with Gasteiger partial charge in [0.15, 0.2) is 0 Å². The molecule has 4 rings (SSSR count). The van der Waals surface area contributed by atoms with E-state index >= 15 is 0 Å². The number of hydrogen-bond donors (Lipinski definition) is 0.